The summed E-state index contributed by atoms with van der Waals surface area (Å²) < 4.78 is 8.51. The van der Waals surface area contributed by atoms with Crippen molar-refractivity contribution in [3.05, 3.63) is 87.6 Å². The van der Waals surface area contributed by atoms with Crippen molar-refractivity contribution in [3.8, 4) is 0 Å². The van der Waals surface area contributed by atoms with Gasteiger partial charge in [0.15, 0.2) is 5.82 Å². The van der Waals surface area contributed by atoms with Crippen LogP contribution in [-0.2, 0) is 30.8 Å². The van der Waals surface area contributed by atoms with E-state index in [4.69, 9.17) is 4.52 Å². The molecule has 0 bridgehead atoms. The first-order chi connectivity index (χ1) is 17.4. The molecule has 3 aromatic heterocycles. The van der Waals surface area contributed by atoms with E-state index in [0.29, 0.717) is 35.7 Å². The Hall–Kier alpha value is -4.27. The summed E-state index contributed by atoms with van der Waals surface area (Å²) in [5.41, 5.74) is 4.68. The molecule has 184 valence electrons. The highest BCUT2D eigenvalue weighted by Gasteiger charge is 2.19. The van der Waals surface area contributed by atoms with Gasteiger partial charge in [-0.1, -0.05) is 53.5 Å². The van der Waals surface area contributed by atoms with Crippen LogP contribution in [0.5, 0.6) is 0 Å². The molecule has 9 heteroatoms. The lowest BCUT2D eigenvalue weighted by Gasteiger charge is -2.10. The van der Waals surface area contributed by atoms with Gasteiger partial charge in [-0.25, -0.2) is 4.98 Å². The van der Waals surface area contributed by atoms with Gasteiger partial charge in [-0.3, -0.25) is 14.2 Å². The van der Waals surface area contributed by atoms with Gasteiger partial charge in [-0.05, 0) is 38.0 Å². The van der Waals surface area contributed by atoms with Gasteiger partial charge in [0, 0.05) is 18.4 Å². The lowest BCUT2D eigenvalue weighted by molar-refractivity contribution is -0.121. The largest absolute Gasteiger partial charge is 0.350 e. The third kappa shape index (κ3) is 4.64. The maximum atomic E-state index is 13.6. The molecule has 0 saturated heterocycles. The molecule has 5 aromatic rings. The Labute approximate surface area is 207 Å². The molecule has 0 spiro atoms. The molecule has 1 N–H and O–H groups in total. The zero-order valence-electron chi connectivity index (χ0n) is 20.6. The van der Waals surface area contributed by atoms with Gasteiger partial charge in [0.05, 0.1) is 11.8 Å². The molecule has 36 heavy (non-hydrogen) atoms. The number of aromatic nitrogens is 5. The quantitative estimate of drug-likeness (QED) is 0.360. The van der Waals surface area contributed by atoms with E-state index in [1.165, 1.54) is 10.9 Å². The first kappa shape index (κ1) is 23.5. The van der Waals surface area contributed by atoms with Crippen molar-refractivity contribution in [3.63, 3.8) is 0 Å². The first-order valence-corrected chi connectivity index (χ1v) is 12.0. The highest BCUT2D eigenvalue weighted by molar-refractivity contribution is 6.06. The van der Waals surface area contributed by atoms with Crippen molar-refractivity contribution >= 4 is 27.8 Å². The van der Waals surface area contributed by atoms with Crippen molar-refractivity contribution in [2.75, 3.05) is 0 Å². The minimum Gasteiger partial charge on any atom is -0.350 e. The van der Waals surface area contributed by atoms with Crippen LogP contribution in [-0.4, -0.2) is 30.2 Å². The fraction of sp³-hybridized carbons (Fsp3) is 0.296. The molecule has 0 aliphatic carbocycles. The fourth-order valence-electron chi connectivity index (χ4n) is 4.32. The normalized spacial score (nSPS) is 11.4. The van der Waals surface area contributed by atoms with Crippen LogP contribution >= 0.6 is 0 Å². The number of nitrogens with one attached hydrogen (secondary N) is 1. The summed E-state index contributed by atoms with van der Waals surface area (Å²) >= 11 is 0. The third-order valence-electron chi connectivity index (χ3n) is 6.18. The predicted molar refractivity (Wildman–Crippen MR) is 137 cm³/mol. The van der Waals surface area contributed by atoms with E-state index < -0.39 is 0 Å². The molecule has 0 unspecified atom stereocenters. The minimum atomic E-state index is -0.268. The monoisotopic (exact) mass is 484 g/mol. The standard InChI is InChI=1S/C27H28N6O3/c1-4-5-22-30-24(36-31-22)15-32-16-29-25-20-12-18(3)8-11-21(20)33(26(25)27(32)35)14-23(34)28-13-19-9-6-17(2)7-10-19/h6-12,16H,4-5,13-15H2,1-3H3,(H,28,34). The Morgan fingerprint density at radius 3 is 2.64 bits per heavy atom. The van der Waals surface area contributed by atoms with Gasteiger partial charge < -0.3 is 14.4 Å². The summed E-state index contributed by atoms with van der Waals surface area (Å²) in [5.74, 6) is 0.770. The predicted octanol–water partition coefficient (Wildman–Crippen LogP) is 3.67. The number of rotatable bonds is 8. The number of carbonyl (C=O) groups excluding carboxylic acids is 1. The van der Waals surface area contributed by atoms with Crippen LogP contribution in [0.2, 0.25) is 0 Å². The maximum absolute atomic E-state index is 13.6. The van der Waals surface area contributed by atoms with Crippen LogP contribution in [0.3, 0.4) is 0 Å². The number of amides is 1. The molecular formula is C27H28N6O3. The maximum Gasteiger partial charge on any atom is 0.278 e. The summed E-state index contributed by atoms with van der Waals surface area (Å²) in [6, 6.07) is 13.9. The Bertz CT molecular complexity index is 1610. The van der Waals surface area contributed by atoms with E-state index >= 15 is 0 Å². The molecule has 0 atom stereocenters. The second kappa shape index (κ2) is 9.77. The van der Waals surface area contributed by atoms with E-state index in [0.717, 1.165) is 34.0 Å². The Kier molecular flexibility index (Phi) is 6.37. The van der Waals surface area contributed by atoms with Crippen molar-refractivity contribution < 1.29 is 9.32 Å². The highest BCUT2D eigenvalue weighted by atomic mass is 16.5. The van der Waals surface area contributed by atoms with Crippen LogP contribution in [0.4, 0.5) is 0 Å². The molecule has 2 aromatic carbocycles. The van der Waals surface area contributed by atoms with Crippen molar-refractivity contribution in [1.82, 2.24) is 29.6 Å². The molecule has 5 rings (SSSR count). The van der Waals surface area contributed by atoms with Gasteiger partial charge in [0.1, 0.15) is 24.1 Å². The van der Waals surface area contributed by atoms with Gasteiger partial charge in [-0.2, -0.15) is 4.98 Å². The minimum absolute atomic E-state index is 0.00292. The molecule has 0 radical (unpaired) electrons. The van der Waals surface area contributed by atoms with Crippen molar-refractivity contribution in [2.45, 2.75) is 53.2 Å². The summed E-state index contributed by atoms with van der Waals surface area (Å²) in [6.07, 6.45) is 3.11. The SMILES string of the molecule is CCCc1noc(Cn2cnc3c4cc(C)ccc4n(CC(=O)NCc4ccc(C)cc4)c3c2=O)n1. The zero-order valence-corrected chi connectivity index (χ0v) is 20.6. The van der Waals surface area contributed by atoms with E-state index in [1.807, 2.05) is 63.2 Å². The molecule has 0 saturated carbocycles. The van der Waals surface area contributed by atoms with E-state index in [9.17, 15) is 9.59 Å². The summed E-state index contributed by atoms with van der Waals surface area (Å²) in [6.45, 7) is 6.57. The van der Waals surface area contributed by atoms with E-state index in [1.54, 1.807) is 4.57 Å². The van der Waals surface area contributed by atoms with Crippen molar-refractivity contribution in [1.29, 1.82) is 0 Å². The van der Waals surface area contributed by atoms with Gasteiger partial charge >= 0.3 is 0 Å². The third-order valence-corrected chi connectivity index (χ3v) is 6.18. The van der Waals surface area contributed by atoms with Crippen LogP contribution in [0, 0.1) is 13.8 Å². The van der Waals surface area contributed by atoms with Crippen LogP contribution in [0.1, 0.15) is 41.8 Å². The van der Waals surface area contributed by atoms with Crippen molar-refractivity contribution in [2.24, 2.45) is 0 Å². The van der Waals surface area contributed by atoms with Crippen LogP contribution in [0.25, 0.3) is 21.9 Å². The smallest absolute Gasteiger partial charge is 0.278 e. The number of nitrogens with zero attached hydrogens (tertiary/aromatic N) is 5. The summed E-state index contributed by atoms with van der Waals surface area (Å²) in [4.78, 5) is 35.5. The van der Waals surface area contributed by atoms with Gasteiger partial charge in [0.2, 0.25) is 11.8 Å². The van der Waals surface area contributed by atoms with E-state index in [2.05, 4.69) is 20.4 Å². The molecular weight excluding hydrogens is 456 g/mol. The average molecular weight is 485 g/mol. The first-order valence-electron chi connectivity index (χ1n) is 12.0. The molecule has 1 amide bonds. The Morgan fingerprint density at radius 1 is 1.08 bits per heavy atom. The van der Waals surface area contributed by atoms with E-state index in [-0.39, 0.29) is 24.6 Å². The zero-order chi connectivity index (χ0) is 25.2. The lowest BCUT2D eigenvalue weighted by atomic mass is 10.1. The van der Waals surface area contributed by atoms with Gasteiger partial charge in [-0.15, -0.1) is 0 Å². The number of fused-ring (bicyclic) bond motifs is 3. The Morgan fingerprint density at radius 2 is 1.86 bits per heavy atom. The number of aryl methyl sites for hydroxylation is 3. The topological polar surface area (TPSA) is 108 Å². The molecule has 0 aliphatic rings. The Balaban J connectivity index is 1.50. The second-order valence-electron chi connectivity index (χ2n) is 9.10. The lowest BCUT2D eigenvalue weighted by Crippen LogP contribution is -2.29. The van der Waals surface area contributed by atoms with Crippen LogP contribution < -0.4 is 10.9 Å². The summed E-state index contributed by atoms with van der Waals surface area (Å²) in [5, 5.41) is 7.77. The van der Waals surface area contributed by atoms with Gasteiger partial charge in [0.25, 0.3) is 5.56 Å². The molecule has 0 fully saturated rings. The highest BCUT2D eigenvalue weighted by Crippen LogP contribution is 2.26. The number of hydrogen-bond acceptors (Lipinski definition) is 6. The number of carbonyl (C=O) groups is 1. The number of hydrogen-bond donors (Lipinski definition) is 1. The summed E-state index contributed by atoms with van der Waals surface area (Å²) in [7, 11) is 0. The molecule has 3 heterocycles. The van der Waals surface area contributed by atoms with Crippen LogP contribution in [0.15, 0.2) is 58.1 Å². The fourth-order valence-corrected chi connectivity index (χ4v) is 4.32. The second-order valence-corrected chi connectivity index (χ2v) is 9.10. The molecule has 9 nitrogen and oxygen atoms in total. The molecule has 0 aliphatic heterocycles. The average Bonchev–Trinajstić information content (AvgIpc) is 3.43. The number of benzene rings is 2.